The lowest BCUT2D eigenvalue weighted by molar-refractivity contribution is -0.921. The van der Waals surface area contributed by atoms with Gasteiger partial charge >= 0.3 is 0 Å². The average molecular weight is 192 g/mol. The smallest absolute Gasteiger partial charge is 0.173 e. The predicted octanol–water partition coefficient (Wildman–Crippen LogP) is 1.99. The topological polar surface area (TPSA) is 17.1 Å². The van der Waals surface area contributed by atoms with Gasteiger partial charge in [0.1, 0.15) is 0 Å². The van der Waals surface area contributed by atoms with Crippen molar-refractivity contribution in [3.05, 3.63) is 0 Å². The van der Waals surface area contributed by atoms with Crippen molar-refractivity contribution in [2.75, 3.05) is 26.2 Å². The summed E-state index contributed by atoms with van der Waals surface area (Å²) < 4.78 is 1.28. The highest BCUT2D eigenvalue weighted by Gasteiger charge is 2.16. The highest BCUT2D eigenvalue weighted by atomic mass is 32.1. The lowest BCUT2D eigenvalue weighted by atomic mass is 10.3. The number of thiol groups is 1. The Kier molecular flexibility index (Phi) is 11.0. The molecule has 0 N–H and O–H groups in total. The Morgan fingerprint density at radius 1 is 1.00 bits per heavy atom. The summed E-state index contributed by atoms with van der Waals surface area (Å²) in [5.41, 5.74) is 0.444. The number of carbonyl (C=O) groups is 1. The summed E-state index contributed by atoms with van der Waals surface area (Å²) >= 11 is 3.11. The first-order valence-electron chi connectivity index (χ1n) is 4.59. The lowest BCUT2D eigenvalue weighted by Gasteiger charge is -2.34. The number of hydrogen-bond donors (Lipinski definition) is 1. The first-order valence-corrected chi connectivity index (χ1v) is 5.10. The summed E-state index contributed by atoms with van der Waals surface area (Å²) in [5, 5.41) is 0. The van der Waals surface area contributed by atoms with Gasteiger partial charge < -0.3 is 4.48 Å². The molecule has 0 aromatic rings. The fourth-order valence-electron chi connectivity index (χ4n) is 1.34. The first kappa shape index (κ1) is 14.5. The van der Waals surface area contributed by atoms with E-state index in [4.69, 9.17) is 4.79 Å². The minimum Gasteiger partial charge on any atom is -0.325 e. The van der Waals surface area contributed by atoms with Gasteiger partial charge in [0.2, 0.25) is 0 Å². The summed E-state index contributed by atoms with van der Waals surface area (Å²) in [6, 6.07) is 0. The molecule has 0 spiro atoms. The molecule has 0 radical (unpaired) electrons. The molecule has 0 amide bonds. The van der Waals surface area contributed by atoms with E-state index in [0.29, 0.717) is 5.62 Å². The third-order valence-corrected chi connectivity index (χ3v) is 2.68. The highest BCUT2D eigenvalue weighted by molar-refractivity contribution is 7.94. The van der Waals surface area contributed by atoms with Crippen molar-refractivity contribution < 1.29 is 9.28 Å². The summed E-state index contributed by atoms with van der Waals surface area (Å²) in [7, 11) is 0. The number of rotatable bonds is 4. The van der Waals surface area contributed by atoms with E-state index in [2.05, 4.69) is 40.3 Å². The van der Waals surface area contributed by atoms with E-state index in [1.165, 1.54) is 30.7 Å². The van der Waals surface area contributed by atoms with Gasteiger partial charge in [0.05, 0.1) is 26.2 Å². The number of hydrogen-bond acceptors (Lipinski definition) is 1. The van der Waals surface area contributed by atoms with Crippen LogP contribution < -0.4 is 0 Å². The predicted molar refractivity (Wildman–Crippen MR) is 58.2 cm³/mol. The number of nitrogens with zero attached hydrogens (tertiary/aromatic N) is 1. The van der Waals surface area contributed by atoms with Gasteiger partial charge in [-0.15, -0.1) is 12.6 Å². The molecule has 0 aliphatic rings. The molecular formula is C9H22NOS+. The Labute approximate surface area is 82.0 Å². The molecule has 0 bridgehead atoms. The van der Waals surface area contributed by atoms with E-state index in [9.17, 15) is 0 Å². The molecule has 0 aromatic carbocycles. The quantitative estimate of drug-likeness (QED) is 0.409. The van der Waals surface area contributed by atoms with E-state index in [-0.39, 0.29) is 0 Å². The van der Waals surface area contributed by atoms with Crippen molar-refractivity contribution in [3.63, 3.8) is 0 Å². The normalized spacial score (nSPS) is 10.1. The van der Waals surface area contributed by atoms with Gasteiger partial charge in [0.15, 0.2) is 5.62 Å². The molecule has 2 nitrogen and oxygen atoms in total. The second-order valence-electron chi connectivity index (χ2n) is 2.71. The molecule has 74 valence electrons. The van der Waals surface area contributed by atoms with Crippen LogP contribution in [0.5, 0.6) is 0 Å². The van der Waals surface area contributed by atoms with Crippen molar-refractivity contribution in [3.8, 4) is 0 Å². The maximum atomic E-state index is 8.67. The lowest BCUT2D eigenvalue weighted by Crippen LogP contribution is -2.47. The Morgan fingerprint density at radius 2 is 1.17 bits per heavy atom. The molecule has 0 unspecified atom stereocenters. The van der Waals surface area contributed by atoms with Crippen molar-refractivity contribution >= 4 is 18.2 Å². The minimum absolute atomic E-state index is 0.444. The molecule has 0 aromatic heterocycles. The summed E-state index contributed by atoms with van der Waals surface area (Å²) in [5.74, 6) is 0. The van der Waals surface area contributed by atoms with Crippen LogP contribution in [-0.4, -0.2) is 36.3 Å². The van der Waals surface area contributed by atoms with Crippen molar-refractivity contribution in [1.82, 2.24) is 0 Å². The van der Waals surface area contributed by atoms with Crippen molar-refractivity contribution in [2.24, 2.45) is 0 Å². The van der Waals surface area contributed by atoms with Gasteiger partial charge in [0.25, 0.3) is 0 Å². The van der Waals surface area contributed by atoms with Gasteiger partial charge in [-0.2, -0.15) is 0 Å². The van der Waals surface area contributed by atoms with Crippen molar-refractivity contribution in [2.45, 2.75) is 27.7 Å². The second kappa shape index (κ2) is 9.07. The molecule has 0 fully saturated rings. The summed E-state index contributed by atoms with van der Waals surface area (Å²) in [6.45, 7) is 14.2. The van der Waals surface area contributed by atoms with Crippen LogP contribution in [0.4, 0.5) is 0 Å². The Hall–Kier alpha value is -0.0200. The van der Waals surface area contributed by atoms with Crippen molar-refractivity contribution in [1.29, 1.82) is 0 Å². The maximum absolute atomic E-state index is 8.67. The van der Waals surface area contributed by atoms with Crippen LogP contribution in [0.1, 0.15) is 27.7 Å². The fourth-order valence-corrected chi connectivity index (χ4v) is 1.34. The molecule has 0 rings (SSSR count). The van der Waals surface area contributed by atoms with Gasteiger partial charge in [-0.1, -0.05) is 0 Å². The van der Waals surface area contributed by atoms with E-state index in [0.717, 1.165) is 0 Å². The number of quaternary nitrogens is 1. The van der Waals surface area contributed by atoms with Crippen LogP contribution in [0.2, 0.25) is 0 Å². The SMILES string of the molecule is CC[N+](CC)(CC)CC.O=CS. The minimum atomic E-state index is 0.444. The third-order valence-electron chi connectivity index (χ3n) is 2.68. The molecule has 0 heterocycles. The first-order chi connectivity index (χ1) is 5.66. The monoisotopic (exact) mass is 192 g/mol. The molecule has 0 atom stereocenters. The molecule has 0 saturated heterocycles. The Bertz CT molecular complexity index is 85.2. The van der Waals surface area contributed by atoms with E-state index < -0.39 is 0 Å². The summed E-state index contributed by atoms with van der Waals surface area (Å²) in [4.78, 5) is 8.67. The summed E-state index contributed by atoms with van der Waals surface area (Å²) in [6.07, 6.45) is 0. The van der Waals surface area contributed by atoms with E-state index >= 15 is 0 Å². The van der Waals surface area contributed by atoms with E-state index in [1.807, 2.05) is 0 Å². The zero-order valence-corrected chi connectivity index (χ0v) is 9.60. The largest absolute Gasteiger partial charge is 0.325 e. The van der Waals surface area contributed by atoms with Crippen LogP contribution in [0.3, 0.4) is 0 Å². The van der Waals surface area contributed by atoms with E-state index in [1.54, 1.807) is 0 Å². The van der Waals surface area contributed by atoms with Gasteiger partial charge in [-0.3, -0.25) is 4.79 Å². The molecule has 12 heavy (non-hydrogen) atoms. The van der Waals surface area contributed by atoms with Gasteiger partial charge in [-0.05, 0) is 27.7 Å². The average Bonchev–Trinajstić information content (AvgIpc) is 2.11. The third kappa shape index (κ3) is 5.61. The molecule has 0 aliphatic carbocycles. The van der Waals surface area contributed by atoms with Crippen LogP contribution in [-0.2, 0) is 4.79 Å². The Morgan fingerprint density at radius 3 is 1.17 bits per heavy atom. The second-order valence-corrected chi connectivity index (χ2v) is 2.92. The molecule has 3 heteroatoms. The zero-order valence-electron chi connectivity index (χ0n) is 8.71. The molecule has 0 aliphatic heterocycles. The number of carbonyl (C=O) groups excluding carboxylic acids is 1. The van der Waals surface area contributed by atoms with Crippen LogP contribution >= 0.6 is 12.6 Å². The van der Waals surface area contributed by atoms with Gasteiger partial charge in [0, 0.05) is 0 Å². The van der Waals surface area contributed by atoms with Gasteiger partial charge in [-0.25, -0.2) is 0 Å². The standard InChI is InChI=1S/C8H20N.CH2OS/c1-5-9(6-2,7-3)8-4;2-1-3/h5-8H2,1-4H3;1H,(H,2,3)/q+1;. The molecule has 0 saturated carbocycles. The van der Waals surface area contributed by atoms with Crippen LogP contribution in [0.25, 0.3) is 0 Å². The van der Waals surface area contributed by atoms with Crippen LogP contribution in [0, 0.1) is 0 Å². The fraction of sp³-hybridized carbons (Fsp3) is 0.889. The highest BCUT2D eigenvalue weighted by Crippen LogP contribution is 2.03. The zero-order chi connectivity index (χ0) is 10.0. The molecular weight excluding hydrogens is 170 g/mol. The Balaban J connectivity index is 0. The van der Waals surface area contributed by atoms with Crippen LogP contribution in [0.15, 0.2) is 0 Å². The maximum Gasteiger partial charge on any atom is 0.173 e.